The standard InChI is InChI=1S/C9H20N2O/c1-3-4-5-6-11-9(12)7-8(2)10/h8H,3-7,10H2,1-2H3,(H,11,12). The maximum atomic E-state index is 11.0. The van der Waals surface area contributed by atoms with Gasteiger partial charge in [-0.1, -0.05) is 19.8 Å². The summed E-state index contributed by atoms with van der Waals surface area (Å²) in [4.78, 5) is 11.0. The number of nitrogens with one attached hydrogen (secondary N) is 1. The van der Waals surface area contributed by atoms with Crippen LogP contribution in [0.15, 0.2) is 0 Å². The van der Waals surface area contributed by atoms with Crippen LogP contribution in [-0.4, -0.2) is 18.5 Å². The van der Waals surface area contributed by atoms with Crippen molar-refractivity contribution in [1.82, 2.24) is 5.32 Å². The van der Waals surface area contributed by atoms with Gasteiger partial charge in [-0.25, -0.2) is 0 Å². The van der Waals surface area contributed by atoms with Crippen molar-refractivity contribution in [3.8, 4) is 0 Å². The predicted molar refractivity (Wildman–Crippen MR) is 50.8 cm³/mol. The van der Waals surface area contributed by atoms with Crippen molar-refractivity contribution >= 4 is 5.91 Å². The fourth-order valence-corrected chi connectivity index (χ4v) is 0.967. The molecule has 3 nitrogen and oxygen atoms in total. The molecule has 0 heterocycles. The van der Waals surface area contributed by atoms with Gasteiger partial charge in [-0.3, -0.25) is 4.79 Å². The molecular weight excluding hydrogens is 152 g/mol. The number of carbonyl (C=O) groups is 1. The lowest BCUT2D eigenvalue weighted by Crippen LogP contribution is -2.30. The monoisotopic (exact) mass is 172 g/mol. The highest BCUT2D eigenvalue weighted by Gasteiger charge is 2.02. The Morgan fingerprint density at radius 1 is 1.50 bits per heavy atom. The molecule has 0 aliphatic rings. The van der Waals surface area contributed by atoms with E-state index in [1.807, 2.05) is 6.92 Å². The first-order valence-electron chi connectivity index (χ1n) is 4.69. The summed E-state index contributed by atoms with van der Waals surface area (Å²) in [7, 11) is 0. The third kappa shape index (κ3) is 7.54. The molecular formula is C9H20N2O. The van der Waals surface area contributed by atoms with Crippen molar-refractivity contribution in [2.24, 2.45) is 5.73 Å². The number of nitrogens with two attached hydrogens (primary N) is 1. The van der Waals surface area contributed by atoms with E-state index in [9.17, 15) is 4.79 Å². The molecule has 0 rings (SSSR count). The lowest BCUT2D eigenvalue weighted by atomic mass is 10.2. The van der Waals surface area contributed by atoms with Gasteiger partial charge < -0.3 is 11.1 Å². The van der Waals surface area contributed by atoms with Crippen LogP contribution in [0.5, 0.6) is 0 Å². The third-order valence-corrected chi connectivity index (χ3v) is 1.61. The Kier molecular flexibility index (Phi) is 6.76. The maximum Gasteiger partial charge on any atom is 0.221 e. The van der Waals surface area contributed by atoms with Crippen LogP contribution in [0.3, 0.4) is 0 Å². The van der Waals surface area contributed by atoms with Gasteiger partial charge in [0.05, 0.1) is 0 Å². The molecule has 0 bridgehead atoms. The number of amides is 1. The Morgan fingerprint density at radius 3 is 2.67 bits per heavy atom. The molecule has 0 fully saturated rings. The number of hydrogen-bond acceptors (Lipinski definition) is 2. The second-order valence-electron chi connectivity index (χ2n) is 3.24. The first-order valence-corrected chi connectivity index (χ1v) is 4.69. The number of hydrogen-bond donors (Lipinski definition) is 2. The molecule has 1 unspecified atom stereocenters. The van der Waals surface area contributed by atoms with Crippen LogP contribution in [0.4, 0.5) is 0 Å². The average Bonchev–Trinajstić information content (AvgIpc) is 1.97. The van der Waals surface area contributed by atoms with Crippen LogP contribution in [0.25, 0.3) is 0 Å². The van der Waals surface area contributed by atoms with E-state index in [-0.39, 0.29) is 11.9 Å². The number of rotatable bonds is 6. The van der Waals surface area contributed by atoms with Crippen molar-refractivity contribution in [3.05, 3.63) is 0 Å². The summed E-state index contributed by atoms with van der Waals surface area (Å²) in [5, 5.41) is 2.83. The average molecular weight is 172 g/mol. The van der Waals surface area contributed by atoms with E-state index in [0.717, 1.165) is 13.0 Å². The fraction of sp³-hybridized carbons (Fsp3) is 0.889. The van der Waals surface area contributed by atoms with E-state index in [4.69, 9.17) is 5.73 Å². The molecule has 0 aliphatic heterocycles. The molecule has 0 aromatic carbocycles. The summed E-state index contributed by atoms with van der Waals surface area (Å²) in [6, 6.07) is -0.0313. The molecule has 3 heteroatoms. The van der Waals surface area contributed by atoms with Gasteiger partial charge in [-0.05, 0) is 13.3 Å². The molecule has 0 aromatic heterocycles. The van der Waals surface area contributed by atoms with Crippen molar-refractivity contribution in [2.75, 3.05) is 6.54 Å². The van der Waals surface area contributed by atoms with Crippen LogP contribution in [-0.2, 0) is 4.79 Å². The molecule has 0 aromatic rings. The summed E-state index contributed by atoms with van der Waals surface area (Å²) in [6.07, 6.45) is 3.87. The molecule has 72 valence electrons. The molecule has 0 spiro atoms. The first-order chi connectivity index (χ1) is 5.66. The van der Waals surface area contributed by atoms with Gasteiger partial charge in [0.25, 0.3) is 0 Å². The minimum absolute atomic E-state index is 0.0313. The Balaban J connectivity index is 3.20. The Labute approximate surface area is 74.7 Å². The van der Waals surface area contributed by atoms with Gasteiger partial charge >= 0.3 is 0 Å². The lowest BCUT2D eigenvalue weighted by molar-refractivity contribution is -0.121. The zero-order chi connectivity index (χ0) is 9.40. The van der Waals surface area contributed by atoms with Gasteiger partial charge in [0, 0.05) is 19.0 Å². The van der Waals surface area contributed by atoms with Crippen LogP contribution >= 0.6 is 0 Å². The Bertz CT molecular complexity index is 124. The normalized spacial score (nSPS) is 12.6. The van der Waals surface area contributed by atoms with E-state index in [1.165, 1.54) is 12.8 Å². The number of carbonyl (C=O) groups excluding carboxylic acids is 1. The summed E-state index contributed by atoms with van der Waals surface area (Å²) in [6.45, 7) is 4.77. The van der Waals surface area contributed by atoms with Gasteiger partial charge in [-0.2, -0.15) is 0 Å². The van der Waals surface area contributed by atoms with Crippen LogP contribution < -0.4 is 11.1 Å². The summed E-state index contributed by atoms with van der Waals surface area (Å²) >= 11 is 0. The van der Waals surface area contributed by atoms with Gasteiger partial charge in [0.15, 0.2) is 0 Å². The Hall–Kier alpha value is -0.570. The second kappa shape index (κ2) is 7.10. The minimum atomic E-state index is -0.0313. The Morgan fingerprint density at radius 2 is 2.17 bits per heavy atom. The molecule has 3 N–H and O–H groups in total. The molecule has 0 saturated carbocycles. The van der Waals surface area contributed by atoms with Crippen LogP contribution in [0.2, 0.25) is 0 Å². The highest BCUT2D eigenvalue weighted by Crippen LogP contribution is 1.92. The van der Waals surface area contributed by atoms with E-state index in [2.05, 4.69) is 12.2 Å². The van der Waals surface area contributed by atoms with Crippen LogP contribution in [0, 0.1) is 0 Å². The zero-order valence-electron chi connectivity index (χ0n) is 8.10. The third-order valence-electron chi connectivity index (χ3n) is 1.61. The van der Waals surface area contributed by atoms with Gasteiger partial charge in [0.1, 0.15) is 0 Å². The highest BCUT2D eigenvalue weighted by molar-refractivity contribution is 5.76. The molecule has 12 heavy (non-hydrogen) atoms. The molecule has 0 aliphatic carbocycles. The van der Waals surface area contributed by atoms with Crippen molar-refractivity contribution in [2.45, 2.75) is 45.6 Å². The second-order valence-corrected chi connectivity index (χ2v) is 3.24. The van der Waals surface area contributed by atoms with E-state index < -0.39 is 0 Å². The van der Waals surface area contributed by atoms with Gasteiger partial charge in [0.2, 0.25) is 5.91 Å². The lowest BCUT2D eigenvalue weighted by Gasteiger charge is -2.06. The number of unbranched alkanes of at least 4 members (excludes halogenated alkanes) is 2. The van der Waals surface area contributed by atoms with Crippen molar-refractivity contribution in [3.63, 3.8) is 0 Å². The quantitative estimate of drug-likeness (QED) is 0.588. The molecule has 0 saturated heterocycles. The SMILES string of the molecule is CCCCCNC(=O)CC(C)N. The largest absolute Gasteiger partial charge is 0.356 e. The smallest absolute Gasteiger partial charge is 0.221 e. The van der Waals surface area contributed by atoms with Gasteiger partial charge in [-0.15, -0.1) is 0 Å². The summed E-state index contributed by atoms with van der Waals surface area (Å²) < 4.78 is 0. The van der Waals surface area contributed by atoms with E-state index in [0.29, 0.717) is 6.42 Å². The molecule has 1 atom stereocenters. The first kappa shape index (κ1) is 11.4. The molecule has 0 radical (unpaired) electrons. The van der Waals surface area contributed by atoms with E-state index in [1.54, 1.807) is 0 Å². The minimum Gasteiger partial charge on any atom is -0.356 e. The highest BCUT2D eigenvalue weighted by atomic mass is 16.1. The van der Waals surface area contributed by atoms with E-state index >= 15 is 0 Å². The molecule has 1 amide bonds. The fourth-order valence-electron chi connectivity index (χ4n) is 0.967. The summed E-state index contributed by atoms with van der Waals surface area (Å²) in [5.41, 5.74) is 5.46. The topological polar surface area (TPSA) is 55.1 Å². The van der Waals surface area contributed by atoms with Crippen molar-refractivity contribution < 1.29 is 4.79 Å². The van der Waals surface area contributed by atoms with Crippen molar-refractivity contribution in [1.29, 1.82) is 0 Å². The zero-order valence-corrected chi connectivity index (χ0v) is 8.10. The maximum absolute atomic E-state index is 11.0. The summed E-state index contributed by atoms with van der Waals surface area (Å²) in [5.74, 6) is 0.0705. The predicted octanol–water partition coefficient (Wildman–Crippen LogP) is 1.03. The van der Waals surface area contributed by atoms with Crippen LogP contribution in [0.1, 0.15) is 39.5 Å².